The molecule has 23 heavy (non-hydrogen) atoms. The number of carbonyl (C=O) groups is 1. The van der Waals surface area contributed by atoms with Gasteiger partial charge in [-0.25, -0.2) is 0 Å². The summed E-state index contributed by atoms with van der Waals surface area (Å²) >= 11 is 0. The highest BCUT2D eigenvalue weighted by Crippen LogP contribution is 2.19. The van der Waals surface area contributed by atoms with Crippen molar-refractivity contribution >= 4 is 17.7 Å². The summed E-state index contributed by atoms with van der Waals surface area (Å²) in [7, 11) is 0. The number of carbonyl (C=O) groups excluding carboxylic acids is 1. The molecule has 1 heterocycles. The van der Waals surface area contributed by atoms with Crippen LogP contribution < -0.4 is 5.11 Å². The Balaban J connectivity index is 2.01. The second kappa shape index (κ2) is 6.82. The lowest BCUT2D eigenvalue weighted by molar-refractivity contribution is -0.385. The van der Waals surface area contributed by atoms with Crippen LogP contribution in [0.2, 0.25) is 0 Å². The van der Waals surface area contributed by atoms with E-state index in [9.17, 15) is 20.0 Å². The highest BCUT2D eigenvalue weighted by atomic mass is 16.6. The number of rotatable bonds is 6. The summed E-state index contributed by atoms with van der Waals surface area (Å²) in [5.74, 6) is -0.560. The molecule has 0 saturated heterocycles. The third-order valence-corrected chi connectivity index (χ3v) is 3.13. The molecule has 0 aliphatic heterocycles. The number of hydrogen-bond acceptors (Lipinski definition) is 6. The predicted octanol–water partition coefficient (Wildman–Crippen LogP) is 1.17. The van der Waals surface area contributed by atoms with E-state index in [-0.39, 0.29) is 35.9 Å². The average molecular weight is 315 g/mol. The number of nitrogens with zero attached hydrogens (tertiary/aromatic N) is 4. The minimum Gasteiger partial charge on any atom is -0.872 e. The first-order valence-corrected chi connectivity index (χ1v) is 6.85. The van der Waals surface area contributed by atoms with Gasteiger partial charge in [0.15, 0.2) is 5.78 Å². The maximum absolute atomic E-state index is 11.9. The van der Waals surface area contributed by atoms with Crippen molar-refractivity contribution in [3.63, 3.8) is 0 Å². The van der Waals surface area contributed by atoms with E-state index in [2.05, 4.69) is 10.1 Å². The molecule has 0 atom stereocenters. The topological polar surface area (TPSA) is 113 Å². The maximum atomic E-state index is 11.9. The van der Waals surface area contributed by atoms with Gasteiger partial charge in [0, 0.05) is 24.0 Å². The Labute approximate surface area is 132 Å². The standard InChI is InChI=1S/C15H16N4O4/c1-10-5-11(2)18(17-10)9-14(20)8-16-7-12-6-13(19(22)23)3-4-15(12)21/h3-7,21H,8-9H2,1-2H3/p-1. The van der Waals surface area contributed by atoms with Gasteiger partial charge in [-0.3, -0.25) is 24.6 Å². The van der Waals surface area contributed by atoms with Crippen LogP contribution in [0.3, 0.4) is 0 Å². The number of aliphatic imine (C=N–C) groups is 1. The lowest BCUT2D eigenvalue weighted by Gasteiger charge is -2.08. The highest BCUT2D eigenvalue weighted by molar-refractivity contribution is 5.87. The normalized spacial score (nSPS) is 11.0. The maximum Gasteiger partial charge on any atom is 0.270 e. The molecule has 0 aliphatic carbocycles. The number of benzene rings is 1. The molecule has 8 nitrogen and oxygen atoms in total. The van der Waals surface area contributed by atoms with Gasteiger partial charge in [0.2, 0.25) is 0 Å². The molecule has 2 aromatic rings. The van der Waals surface area contributed by atoms with Crippen molar-refractivity contribution in [3.8, 4) is 5.75 Å². The zero-order valence-corrected chi connectivity index (χ0v) is 12.7. The molecule has 0 N–H and O–H groups in total. The van der Waals surface area contributed by atoms with E-state index in [1.165, 1.54) is 6.21 Å². The second-order valence-corrected chi connectivity index (χ2v) is 5.07. The van der Waals surface area contributed by atoms with Crippen LogP contribution in [0.15, 0.2) is 29.3 Å². The molecule has 0 radical (unpaired) electrons. The van der Waals surface area contributed by atoms with Crippen LogP contribution in [-0.2, 0) is 11.3 Å². The number of non-ortho nitro benzene ring substituents is 1. The first-order valence-electron chi connectivity index (χ1n) is 6.85. The van der Waals surface area contributed by atoms with E-state index < -0.39 is 4.92 Å². The SMILES string of the molecule is Cc1cc(C)n(CC(=O)CN=Cc2cc([N+](=O)[O-])ccc2[O-])n1. The summed E-state index contributed by atoms with van der Waals surface area (Å²) in [6, 6.07) is 5.24. The Hall–Kier alpha value is -3.03. The van der Waals surface area contributed by atoms with Gasteiger partial charge in [-0.1, -0.05) is 11.8 Å². The summed E-state index contributed by atoms with van der Waals surface area (Å²) in [6.07, 6.45) is 1.19. The number of aryl methyl sites for hydroxylation is 2. The molecule has 8 heteroatoms. The molecule has 0 amide bonds. The van der Waals surface area contributed by atoms with Crippen molar-refractivity contribution in [3.05, 3.63) is 51.3 Å². The minimum atomic E-state index is -0.593. The number of nitro benzene ring substituents is 1. The van der Waals surface area contributed by atoms with Crippen molar-refractivity contribution in [1.29, 1.82) is 0 Å². The largest absolute Gasteiger partial charge is 0.872 e. The van der Waals surface area contributed by atoms with Gasteiger partial charge in [0.1, 0.15) is 6.54 Å². The zero-order valence-electron chi connectivity index (χ0n) is 12.7. The molecule has 0 bridgehead atoms. The number of aromatic nitrogens is 2. The van der Waals surface area contributed by atoms with E-state index in [0.29, 0.717) is 0 Å². The van der Waals surface area contributed by atoms with Crippen LogP contribution in [0.4, 0.5) is 5.69 Å². The van der Waals surface area contributed by atoms with Crippen molar-refractivity contribution in [2.24, 2.45) is 4.99 Å². The molecule has 120 valence electrons. The number of hydrogen-bond donors (Lipinski definition) is 0. The quantitative estimate of drug-likeness (QED) is 0.451. The lowest BCUT2D eigenvalue weighted by Crippen LogP contribution is -2.15. The highest BCUT2D eigenvalue weighted by Gasteiger charge is 2.07. The van der Waals surface area contributed by atoms with Gasteiger partial charge in [0.25, 0.3) is 5.69 Å². The van der Waals surface area contributed by atoms with Gasteiger partial charge >= 0.3 is 0 Å². The van der Waals surface area contributed by atoms with Crippen LogP contribution >= 0.6 is 0 Å². The van der Waals surface area contributed by atoms with E-state index in [0.717, 1.165) is 29.6 Å². The number of ketones is 1. The molecule has 0 saturated carbocycles. The Morgan fingerprint density at radius 2 is 2.13 bits per heavy atom. The molecule has 1 aromatic heterocycles. The van der Waals surface area contributed by atoms with Crippen LogP contribution in [0.25, 0.3) is 0 Å². The third-order valence-electron chi connectivity index (χ3n) is 3.13. The van der Waals surface area contributed by atoms with Gasteiger partial charge in [-0.05, 0) is 25.5 Å². The first-order chi connectivity index (χ1) is 10.9. The van der Waals surface area contributed by atoms with Crippen LogP contribution in [0.1, 0.15) is 17.0 Å². The van der Waals surface area contributed by atoms with Crippen molar-refractivity contribution < 1.29 is 14.8 Å². The summed E-state index contributed by atoms with van der Waals surface area (Å²) in [5, 5.41) is 26.5. The molecular weight excluding hydrogens is 300 g/mol. The van der Waals surface area contributed by atoms with Crippen molar-refractivity contribution in [2.75, 3.05) is 6.54 Å². The smallest absolute Gasteiger partial charge is 0.270 e. The molecule has 2 rings (SSSR count). The summed E-state index contributed by atoms with van der Waals surface area (Å²) in [4.78, 5) is 25.8. The lowest BCUT2D eigenvalue weighted by atomic mass is 10.2. The summed E-state index contributed by atoms with van der Waals surface area (Å²) in [5.41, 5.74) is 1.59. The fourth-order valence-corrected chi connectivity index (χ4v) is 2.05. The fraction of sp³-hybridized carbons (Fsp3) is 0.267. The van der Waals surface area contributed by atoms with E-state index in [1.807, 2.05) is 19.9 Å². The van der Waals surface area contributed by atoms with Crippen LogP contribution in [-0.4, -0.2) is 33.2 Å². The third kappa shape index (κ3) is 4.22. The van der Waals surface area contributed by atoms with Gasteiger partial charge in [-0.15, -0.1) is 0 Å². The Bertz CT molecular complexity index is 780. The molecule has 0 spiro atoms. The zero-order chi connectivity index (χ0) is 17.0. The average Bonchev–Trinajstić information content (AvgIpc) is 2.78. The van der Waals surface area contributed by atoms with Crippen molar-refractivity contribution in [2.45, 2.75) is 20.4 Å². The van der Waals surface area contributed by atoms with Crippen molar-refractivity contribution in [1.82, 2.24) is 9.78 Å². The monoisotopic (exact) mass is 315 g/mol. The van der Waals surface area contributed by atoms with E-state index >= 15 is 0 Å². The molecule has 0 fully saturated rings. The Morgan fingerprint density at radius 1 is 1.39 bits per heavy atom. The predicted molar refractivity (Wildman–Crippen MR) is 81.7 cm³/mol. The molecule has 0 aliphatic rings. The van der Waals surface area contributed by atoms with Gasteiger partial charge in [0.05, 0.1) is 17.2 Å². The molecule has 0 unspecified atom stereocenters. The van der Waals surface area contributed by atoms with Gasteiger partial charge < -0.3 is 5.11 Å². The Kier molecular flexibility index (Phi) is 4.85. The molecular formula is C15H15N4O4-. The summed E-state index contributed by atoms with van der Waals surface area (Å²) in [6.45, 7) is 3.66. The van der Waals surface area contributed by atoms with Crippen LogP contribution in [0, 0.1) is 24.0 Å². The first kappa shape index (κ1) is 16.3. The fourth-order valence-electron chi connectivity index (χ4n) is 2.05. The van der Waals surface area contributed by atoms with E-state index in [1.54, 1.807) is 4.68 Å². The second-order valence-electron chi connectivity index (χ2n) is 5.07. The minimum absolute atomic E-state index is 0.0816. The van der Waals surface area contributed by atoms with Crippen LogP contribution in [0.5, 0.6) is 5.75 Å². The summed E-state index contributed by atoms with van der Waals surface area (Å²) < 4.78 is 1.58. The van der Waals surface area contributed by atoms with E-state index in [4.69, 9.17) is 0 Å². The van der Waals surface area contributed by atoms with Gasteiger partial charge in [-0.2, -0.15) is 5.10 Å². The number of Topliss-reactive ketones (excluding diaryl/α,β-unsaturated/α-hetero) is 1. The molecule has 1 aromatic carbocycles. The Morgan fingerprint density at radius 3 is 2.74 bits per heavy atom. The number of nitro groups is 1.